The van der Waals surface area contributed by atoms with Crippen LogP contribution in [0.2, 0.25) is 0 Å². The second-order valence-corrected chi connectivity index (χ2v) is 1.75. The van der Waals surface area contributed by atoms with Gasteiger partial charge in [0.2, 0.25) is 0 Å². The minimum absolute atomic E-state index is 0.105. The Hall–Kier alpha value is -1.58. The molecule has 0 aliphatic carbocycles. The molecule has 4 heteroatoms. The number of phenolic OH excluding ortho intramolecular Hbond substituents is 1. The van der Waals surface area contributed by atoms with Gasteiger partial charge in [-0.05, 0) is 12.1 Å². The Morgan fingerprint density at radius 2 is 2.30 bits per heavy atom. The zero-order valence-electron chi connectivity index (χ0n) is 5.11. The minimum Gasteiger partial charge on any atom is -0.508 e. The lowest BCUT2D eigenvalue weighted by molar-refractivity contribution is 0.475. The van der Waals surface area contributed by atoms with E-state index in [-0.39, 0.29) is 5.75 Å². The van der Waals surface area contributed by atoms with Gasteiger partial charge in [-0.15, -0.1) is 4.91 Å². The molecule has 0 saturated heterocycles. The van der Waals surface area contributed by atoms with E-state index in [0.717, 1.165) is 0 Å². The van der Waals surface area contributed by atoms with Crippen molar-refractivity contribution in [1.82, 2.24) is 0 Å². The molecule has 0 amide bonds. The third-order valence-corrected chi connectivity index (χ3v) is 1.02. The average Bonchev–Trinajstić information content (AvgIpc) is 1.88. The van der Waals surface area contributed by atoms with Crippen molar-refractivity contribution in [2.75, 3.05) is 5.43 Å². The summed E-state index contributed by atoms with van der Waals surface area (Å²) in [5.41, 5.74) is 2.64. The molecule has 0 saturated carbocycles. The smallest absolute Gasteiger partial charge is 0.117 e. The largest absolute Gasteiger partial charge is 0.508 e. The zero-order valence-corrected chi connectivity index (χ0v) is 5.11. The molecule has 2 N–H and O–H groups in total. The maximum Gasteiger partial charge on any atom is 0.117 e. The van der Waals surface area contributed by atoms with E-state index in [0.29, 0.717) is 5.69 Å². The van der Waals surface area contributed by atoms with Gasteiger partial charge < -0.3 is 5.11 Å². The fraction of sp³-hybridized carbons (Fsp3) is 0. The highest BCUT2D eigenvalue weighted by molar-refractivity contribution is 5.46. The first kappa shape index (κ1) is 6.54. The van der Waals surface area contributed by atoms with Gasteiger partial charge in [0.05, 0.1) is 11.0 Å². The van der Waals surface area contributed by atoms with Gasteiger partial charge in [0.25, 0.3) is 0 Å². The molecule has 4 nitrogen and oxygen atoms in total. The standard InChI is InChI=1S/C6H6N2O2/c9-6-3-1-2-5(4-6)7-8-10/h1-4,9H,(H,7,10). The second kappa shape index (κ2) is 2.82. The summed E-state index contributed by atoms with van der Waals surface area (Å²) in [6.45, 7) is 0. The summed E-state index contributed by atoms with van der Waals surface area (Å²) in [5, 5.41) is 11.3. The summed E-state index contributed by atoms with van der Waals surface area (Å²) in [5.74, 6) is 0.105. The Balaban J connectivity index is 2.84. The third kappa shape index (κ3) is 1.45. The Kier molecular flexibility index (Phi) is 1.84. The van der Waals surface area contributed by atoms with Crippen LogP contribution in [0.1, 0.15) is 0 Å². The molecule has 0 unspecified atom stereocenters. The summed E-state index contributed by atoms with van der Waals surface area (Å²) >= 11 is 0. The molecule has 0 spiro atoms. The molecule has 0 radical (unpaired) electrons. The number of nitrogens with zero attached hydrogens (tertiary/aromatic N) is 1. The van der Waals surface area contributed by atoms with Gasteiger partial charge >= 0.3 is 0 Å². The molecule has 1 aromatic rings. The van der Waals surface area contributed by atoms with Crippen LogP contribution < -0.4 is 5.43 Å². The Morgan fingerprint density at radius 1 is 1.50 bits per heavy atom. The van der Waals surface area contributed by atoms with Crippen molar-refractivity contribution in [3.05, 3.63) is 29.2 Å². The van der Waals surface area contributed by atoms with Crippen LogP contribution in [0.15, 0.2) is 29.6 Å². The number of aromatic hydroxyl groups is 1. The lowest BCUT2D eigenvalue weighted by atomic mass is 10.3. The molecule has 1 aromatic carbocycles. The Morgan fingerprint density at radius 3 is 2.90 bits per heavy atom. The maximum absolute atomic E-state index is 9.64. The van der Waals surface area contributed by atoms with Crippen molar-refractivity contribution >= 4 is 5.69 Å². The van der Waals surface area contributed by atoms with Gasteiger partial charge in [-0.3, -0.25) is 0 Å². The summed E-state index contributed by atoms with van der Waals surface area (Å²) < 4.78 is 0. The van der Waals surface area contributed by atoms with E-state index in [1.807, 2.05) is 0 Å². The zero-order chi connectivity index (χ0) is 7.40. The van der Waals surface area contributed by atoms with Crippen LogP contribution in [0.5, 0.6) is 5.75 Å². The summed E-state index contributed by atoms with van der Waals surface area (Å²) in [7, 11) is 0. The first-order valence-corrected chi connectivity index (χ1v) is 2.70. The van der Waals surface area contributed by atoms with Crippen LogP contribution in [0.4, 0.5) is 5.69 Å². The van der Waals surface area contributed by atoms with E-state index in [9.17, 15) is 4.91 Å². The molecule has 0 aliphatic rings. The number of hydrogen-bond donors (Lipinski definition) is 2. The van der Waals surface area contributed by atoms with Crippen LogP contribution in [-0.4, -0.2) is 5.11 Å². The summed E-state index contributed by atoms with van der Waals surface area (Å²) in [6, 6.07) is 6.15. The van der Waals surface area contributed by atoms with E-state index < -0.39 is 0 Å². The molecule has 0 bridgehead atoms. The molecule has 0 heterocycles. The summed E-state index contributed by atoms with van der Waals surface area (Å²) in [6.07, 6.45) is 0. The predicted octanol–water partition coefficient (Wildman–Crippen LogP) is 1.49. The Labute approximate surface area is 57.4 Å². The van der Waals surface area contributed by atoms with Gasteiger partial charge in [0.15, 0.2) is 0 Å². The predicted molar refractivity (Wildman–Crippen MR) is 37.5 cm³/mol. The van der Waals surface area contributed by atoms with Crippen LogP contribution in [0, 0.1) is 4.91 Å². The molecular weight excluding hydrogens is 132 g/mol. The Bertz CT molecular complexity index is 237. The van der Waals surface area contributed by atoms with Gasteiger partial charge in [-0.1, -0.05) is 6.07 Å². The highest BCUT2D eigenvalue weighted by Gasteiger charge is 1.90. The van der Waals surface area contributed by atoms with Crippen molar-refractivity contribution in [1.29, 1.82) is 0 Å². The lowest BCUT2D eigenvalue weighted by Crippen LogP contribution is -1.83. The molecule has 1 rings (SSSR count). The maximum atomic E-state index is 9.64. The number of anilines is 1. The number of rotatable bonds is 2. The molecule has 0 atom stereocenters. The minimum atomic E-state index is 0.105. The van der Waals surface area contributed by atoms with Gasteiger partial charge in [0.1, 0.15) is 5.75 Å². The van der Waals surface area contributed by atoms with Crippen molar-refractivity contribution < 1.29 is 5.11 Å². The van der Waals surface area contributed by atoms with E-state index in [1.165, 1.54) is 12.1 Å². The SMILES string of the molecule is O=NNc1cccc(O)c1. The number of phenols is 1. The van der Waals surface area contributed by atoms with Crippen molar-refractivity contribution in [3.63, 3.8) is 0 Å². The van der Waals surface area contributed by atoms with E-state index in [2.05, 4.69) is 10.7 Å². The van der Waals surface area contributed by atoms with E-state index in [4.69, 9.17) is 5.11 Å². The summed E-state index contributed by atoms with van der Waals surface area (Å²) in [4.78, 5) is 9.64. The first-order chi connectivity index (χ1) is 4.83. The van der Waals surface area contributed by atoms with E-state index in [1.54, 1.807) is 12.1 Å². The van der Waals surface area contributed by atoms with Gasteiger partial charge in [-0.25, -0.2) is 5.43 Å². The fourth-order valence-corrected chi connectivity index (χ4v) is 0.628. The highest BCUT2D eigenvalue weighted by atomic mass is 16.3. The van der Waals surface area contributed by atoms with Crippen molar-refractivity contribution in [3.8, 4) is 5.75 Å². The number of nitroso groups, excluding NO2 is 1. The average molecular weight is 138 g/mol. The fourth-order valence-electron chi connectivity index (χ4n) is 0.628. The third-order valence-electron chi connectivity index (χ3n) is 1.02. The molecule has 52 valence electrons. The second-order valence-electron chi connectivity index (χ2n) is 1.75. The van der Waals surface area contributed by atoms with Crippen molar-refractivity contribution in [2.45, 2.75) is 0 Å². The van der Waals surface area contributed by atoms with Crippen LogP contribution in [-0.2, 0) is 0 Å². The number of nitrogens with one attached hydrogen (secondary N) is 1. The normalized spacial score (nSPS) is 8.80. The monoisotopic (exact) mass is 138 g/mol. The highest BCUT2D eigenvalue weighted by Crippen LogP contribution is 2.14. The molecule has 0 aromatic heterocycles. The number of benzene rings is 1. The molecule has 10 heavy (non-hydrogen) atoms. The van der Waals surface area contributed by atoms with E-state index >= 15 is 0 Å². The number of hydrogen-bond acceptors (Lipinski definition) is 3. The molecular formula is C6H6N2O2. The van der Waals surface area contributed by atoms with Gasteiger partial charge in [-0.2, -0.15) is 0 Å². The lowest BCUT2D eigenvalue weighted by Gasteiger charge is -1.95. The first-order valence-electron chi connectivity index (χ1n) is 2.70. The van der Waals surface area contributed by atoms with Gasteiger partial charge in [0, 0.05) is 6.07 Å². The van der Waals surface area contributed by atoms with Crippen LogP contribution in [0.25, 0.3) is 0 Å². The van der Waals surface area contributed by atoms with Crippen molar-refractivity contribution in [2.24, 2.45) is 5.29 Å². The molecule has 0 aliphatic heterocycles. The van der Waals surface area contributed by atoms with Crippen LogP contribution >= 0.6 is 0 Å². The topological polar surface area (TPSA) is 61.7 Å². The quantitative estimate of drug-likeness (QED) is 0.480. The van der Waals surface area contributed by atoms with Crippen LogP contribution in [0.3, 0.4) is 0 Å². The molecule has 0 fully saturated rings.